The van der Waals surface area contributed by atoms with E-state index in [1.807, 2.05) is 0 Å². The summed E-state index contributed by atoms with van der Waals surface area (Å²) in [5, 5.41) is 11.0. The van der Waals surface area contributed by atoms with Crippen molar-refractivity contribution >= 4 is 17.8 Å². The summed E-state index contributed by atoms with van der Waals surface area (Å²) >= 11 is 0. The number of carbonyl (C=O) groups excluding carboxylic acids is 2. The summed E-state index contributed by atoms with van der Waals surface area (Å²) in [7, 11) is 0. The summed E-state index contributed by atoms with van der Waals surface area (Å²) in [5.74, 6) is -1.32. The summed E-state index contributed by atoms with van der Waals surface area (Å²) in [4.78, 5) is 34.8. The third-order valence-corrected chi connectivity index (χ3v) is 8.30. The van der Waals surface area contributed by atoms with Crippen molar-refractivity contribution in [3.63, 3.8) is 0 Å². The standard InChI is InChI=1S/C40H71NO5/c1-3-5-7-9-11-13-15-16-18-20-22-27-31-35-40(45)46-37(32-28-24-21-19-17-14-12-10-8-6-4-2)33-29-25-23-26-30-34-38(42)41-36-39(43)44/h12,14,19,21,28,32,37H,3-11,13,15-18,20,22-27,29-31,33-36H2,1-2H3,(H,41,42)(H,43,44)/b14-12-,21-19-,32-28-. The van der Waals surface area contributed by atoms with Crippen molar-refractivity contribution in [3.8, 4) is 0 Å². The van der Waals surface area contributed by atoms with Gasteiger partial charge in [-0.2, -0.15) is 0 Å². The van der Waals surface area contributed by atoms with E-state index >= 15 is 0 Å². The molecule has 0 radical (unpaired) electrons. The van der Waals surface area contributed by atoms with Crippen LogP contribution in [-0.2, 0) is 19.1 Å². The number of unbranched alkanes of at least 4 members (excludes halogenated alkanes) is 19. The monoisotopic (exact) mass is 646 g/mol. The number of carbonyl (C=O) groups is 3. The van der Waals surface area contributed by atoms with Gasteiger partial charge in [-0.1, -0.05) is 153 Å². The van der Waals surface area contributed by atoms with Crippen LogP contribution in [0.1, 0.15) is 187 Å². The second kappa shape index (κ2) is 35.5. The molecule has 0 saturated heterocycles. The molecule has 46 heavy (non-hydrogen) atoms. The second-order valence-corrected chi connectivity index (χ2v) is 12.8. The van der Waals surface area contributed by atoms with Crippen LogP contribution in [0.2, 0.25) is 0 Å². The molecule has 2 N–H and O–H groups in total. The highest BCUT2D eigenvalue weighted by Gasteiger charge is 2.11. The Labute approximate surface area is 283 Å². The number of carboxylic acids is 1. The lowest BCUT2D eigenvalue weighted by Gasteiger charge is -2.14. The van der Waals surface area contributed by atoms with E-state index in [2.05, 4.69) is 55.6 Å². The zero-order chi connectivity index (χ0) is 33.8. The van der Waals surface area contributed by atoms with Gasteiger partial charge in [-0.05, 0) is 57.4 Å². The normalized spacial score (nSPS) is 12.4. The number of aliphatic carboxylic acids is 1. The van der Waals surface area contributed by atoms with Gasteiger partial charge in [0.15, 0.2) is 0 Å². The summed E-state index contributed by atoms with van der Waals surface area (Å²) < 4.78 is 5.89. The van der Waals surface area contributed by atoms with Crippen LogP contribution in [0.3, 0.4) is 0 Å². The first-order valence-electron chi connectivity index (χ1n) is 19.1. The molecule has 1 atom stereocenters. The van der Waals surface area contributed by atoms with Gasteiger partial charge in [0.2, 0.25) is 5.91 Å². The number of carboxylic acid groups (broad SMARTS) is 1. The minimum atomic E-state index is -1.02. The van der Waals surface area contributed by atoms with E-state index < -0.39 is 5.97 Å². The molecule has 6 nitrogen and oxygen atoms in total. The third-order valence-electron chi connectivity index (χ3n) is 8.30. The molecule has 0 saturated carbocycles. The predicted octanol–water partition coefficient (Wildman–Crippen LogP) is 11.3. The number of hydrogen-bond donors (Lipinski definition) is 2. The summed E-state index contributed by atoms with van der Waals surface area (Å²) in [6.45, 7) is 4.17. The number of nitrogens with one attached hydrogen (secondary N) is 1. The molecule has 0 spiro atoms. The molecule has 0 aliphatic carbocycles. The van der Waals surface area contributed by atoms with E-state index in [0.717, 1.165) is 70.6 Å². The lowest BCUT2D eigenvalue weighted by Crippen LogP contribution is -2.28. The molecule has 0 aromatic rings. The van der Waals surface area contributed by atoms with Crippen LogP contribution in [0.15, 0.2) is 36.5 Å². The van der Waals surface area contributed by atoms with Crippen molar-refractivity contribution in [1.29, 1.82) is 0 Å². The molecule has 0 aliphatic rings. The molecule has 0 aliphatic heterocycles. The fourth-order valence-electron chi connectivity index (χ4n) is 5.44. The molecule has 1 amide bonds. The van der Waals surface area contributed by atoms with E-state index in [1.54, 1.807) is 0 Å². The molecular weight excluding hydrogens is 574 g/mol. The van der Waals surface area contributed by atoms with E-state index in [4.69, 9.17) is 9.84 Å². The third kappa shape index (κ3) is 34.5. The molecule has 0 heterocycles. The van der Waals surface area contributed by atoms with Gasteiger partial charge >= 0.3 is 11.9 Å². The van der Waals surface area contributed by atoms with Crippen LogP contribution in [-0.4, -0.2) is 35.6 Å². The molecule has 0 aromatic heterocycles. The molecule has 0 fully saturated rings. The van der Waals surface area contributed by atoms with Crippen LogP contribution in [0.25, 0.3) is 0 Å². The highest BCUT2D eigenvalue weighted by Crippen LogP contribution is 2.16. The van der Waals surface area contributed by atoms with Crippen LogP contribution in [0, 0.1) is 0 Å². The van der Waals surface area contributed by atoms with Crippen LogP contribution < -0.4 is 5.32 Å². The van der Waals surface area contributed by atoms with Crippen molar-refractivity contribution < 1.29 is 24.2 Å². The van der Waals surface area contributed by atoms with Crippen molar-refractivity contribution in [3.05, 3.63) is 36.5 Å². The maximum Gasteiger partial charge on any atom is 0.322 e. The quantitative estimate of drug-likeness (QED) is 0.0412. The first-order chi connectivity index (χ1) is 22.5. The maximum absolute atomic E-state index is 12.6. The average Bonchev–Trinajstić information content (AvgIpc) is 3.04. The molecule has 0 rings (SSSR count). The van der Waals surface area contributed by atoms with Gasteiger partial charge in [0.1, 0.15) is 12.6 Å². The lowest BCUT2D eigenvalue weighted by atomic mass is 10.0. The van der Waals surface area contributed by atoms with Crippen molar-refractivity contribution in [1.82, 2.24) is 5.32 Å². The number of rotatable bonds is 34. The van der Waals surface area contributed by atoms with Gasteiger partial charge in [0.25, 0.3) is 0 Å². The number of esters is 1. The summed E-state index contributed by atoms with van der Waals surface area (Å²) in [6.07, 6.45) is 42.7. The number of amides is 1. The Kier molecular flexibility index (Phi) is 33.7. The van der Waals surface area contributed by atoms with Crippen LogP contribution in [0.4, 0.5) is 0 Å². The Hall–Kier alpha value is -2.37. The molecule has 6 heteroatoms. The Morgan fingerprint density at radius 3 is 1.65 bits per heavy atom. The molecule has 0 bridgehead atoms. The van der Waals surface area contributed by atoms with Crippen molar-refractivity contribution in [2.45, 2.75) is 193 Å². The van der Waals surface area contributed by atoms with Crippen molar-refractivity contribution in [2.24, 2.45) is 0 Å². The smallest absolute Gasteiger partial charge is 0.322 e. The molecular formula is C40H71NO5. The zero-order valence-corrected chi connectivity index (χ0v) is 29.9. The van der Waals surface area contributed by atoms with E-state index in [-0.39, 0.29) is 24.5 Å². The minimum Gasteiger partial charge on any atom is -0.480 e. The fraction of sp³-hybridized carbons (Fsp3) is 0.775. The van der Waals surface area contributed by atoms with Crippen LogP contribution in [0.5, 0.6) is 0 Å². The number of hydrogen-bond acceptors (Lipinski definition) is 4. The summed E-state index contributed by atoms with van der Waals surface area (Å²) in [5.41, 5.74) is 0. The lowest BCUT2D eigenvalue weighted by molar-refractivity contribution is -0.147. The first kappa shape index (κ1) is 43.6. The molecule has 0 aromatic carbocycles. The summed E-state index contributed by atoms with van der Waals surface area (Å²) in [6, 6.07) is 0. The predicted molar refractivity (Wildman–Crippen MR) is 194 cm³/mol. The fourth-order valence-corrected chi connectivity index (χ4v) is 5.44. The van der Waals surface area contributed by atoms with E-state index in [0.29, 0.717) is 12.8 Å². The van der Waals surface area contributed by atoms with Gasteiger partial charge in [0, 0.05) is 12.8 Å². The van der Waals surface area contributed by atoms with Crippen LogP contribution >= 0.6 is 0 Å². The zero-order valence-electron chi connectivity index (χ0n) is 29.9. The number of ether oxygens (including phenoxy) is 1. The Bertz CT molecular complexity index is 803. The maximum atomic E-state index is 12.6. The molecule has 1 unspecified atom stereocenters. The molecule has 266 valence electrons. The van der Waals surface area contributed by atoms with Crippen molar-refractivity contribution in [2.75, 3.05) is 6.54 Å². The Balaban J connectivity index is 4.30. The number of allylic oxidation sites excluding steroid dienone is 5. The van der Waals surface area contributed by atoms with Gasteiger partial charge in [-0.3, -0.25) is 14.4 Å². The topological polar surface area (TPSA) is 92.7 Å². The Morgan fingerprint density at radius 1 is 0.587 bits per heavy atom. The highest BCUT2D eigenvalue weighted by molar-refractivity contribution is 5.80. The highest BCUT2D eigenvalue weighted by atomic mass is 16.5. The Morgan fingerprint density at radius 2 is 1.07 bits per heavy atom. The minimum absolute atomic E-state index is 0.0890. The second-order valence-electron chi connectivity index (χ2n) is 12.8. The van der Waals surface area contributed by atoms with E-state index in [9.17, 15) is 14.4 Å². The average molecular weight is 646 g/mol. The van der Waals surface area contributed by atoms with Gasteiger partial charge in [-0.25, -0.2) is 0 Å². The van der Waals surface area contributed by atoms with Gasteiger partial charge in [0.05, 0.1) is 0 Å². The largest absolute Gasteiger partial charge is 0.480 e. The van der Waals surface area contributed by atoms with Gasteiger partial charge < -0.3 is 15.2 Å². The van der Waals surface area contributed by atoms with Gasteiger partial charge in [-0.15, -0.1) is 0 Å². The first-order valence-corrected chi connectivity index (χ1v) is 19.1. The van der Waals surface area contributed by atoms with E-state index in [1.165, 1.54) is 89.9 Å². The SMILES string of the molecule is CCCCC/C=C\C/C=C\C/C=C\C(CCCCCCCC(=O)NCC(=O)O)OC(=O)CCCCCCCCCCCCCCC.